The lowest BCUT2D eigenvalue weighted by atomic mass is 9.95. The van der Waals surface area contributed by atoms with E-state index in [9.17, 15) is 14.7 Å². The van der Waals surface area contributed by atoms with Crippen molar-refractivity contribution in [3.05, 3.63) is 24.3 Å². The molecule has 1 aromatic carbocycles. The number of ether oxygens (including phenoxy) is 1. The van der Waals surface area contributed by atoms with Crippen LogP contribution in [0.4, 0.5) is 5.69 Å². The minimum absolute atomic E-state index is 0.222. The van der Waals surface area contributed by atoms with Gasteiger partial charge in [-0.3, -0.25) is 9.59 Å². The van der Waals surface area contributed by atoms with Gasteiger partial charge in [-0.25, -0.2) is 0 Å². The first-order valence-corrected chi connectivity index (χ1v) is 7.27. The van der Waals surface area contributed by atoms with Crippen molar-refractivity contribution >= 4 is 17.6 Å². The van der Waals surface area contributed by atoms with Gasteiger partial charge in [0.1, 0.15) is 5.75 Å². The quantitative estimate of drug-likeness (QED) is 0.874. The molecule has 0 aliphatic heterocycles. The Kier molecular flexibility index (Phi) is 4.83. The molecule has 5 nitrogen and oxygen atoms in total. The monoisotopic (exact) mass is 291 g/mol. The summed E-state index contributed by atoms with van der Waals surface area (Å²) >= 11 is 0. The lowest BCUT2D eigenvalue weighted by Crippen LogP contribution is -2.29. The van der Waals surface area contributed by atoms with Gasteiger partial charge in [0, 0.05) is 11.8 Å². The van der Waals surface area contributed by atoms with E-state index in [4.69, 9.17) is 4.74 Å². The second-order valence-electron chi connectivity index (χ2n) is 5.58. The van der Waals surface area contributed by atoms with E-state index in [2.05, 4.69) is 5.32 Å². The summed E-state index contributed by atoms with van der Waals surface area (Å²) in [5.74, 6) is -1.22. The maximum Gasteiger partial charge on any atom is 0.307 e. The summed E-state index contributed by atoms with van der Waals surface area (Å²) in [6, 6.07) is 7.13. The van der Waals surface area contributed by atoms with E-state index in [0.29, 0.717) is 30.9 Å². The van der Waals surface area contributed by atoms with Crippen LogP contribution in [-0.4, -0.2) is 23.6 Å². The third kappa shape index (κ3) is 3.74. The first-order chi connectivity index (χ1) is 10.0. The van der Waals surface area contributed by atoms with Crippen LogP contribution in [0.15, 0.2) is 24.3 Å². The number of carbonyl (C=O) groups is 2. The van der Waals surface area contributed by atoms with Crippen molar-refractivity contribution in [2.45, 2.75) is 26.7 Å². The summed E-state index contributed by atoms with van der Waals surface area (Å²) in [7, 11) is 0. The molecule has 1 aliphatic carbocycles. The molecule has 114 valence electrons. The number of hydrogen-bond donors (Lipinski definition) is 2. The summed E-state index contributed by atoms with van der Waals surface area (Å²) in [4.78, 5) is 23.6. The largest absolute Gasteiger partial charge is 0.494 e. The lowest BCUT2D eigenvalue weighted by molar-refractivity contribution is -0.145. The van der Waals surface area contributed by atoms with Gasteiger partial charge in [-0.2, -0.15) is 0 Å². The Morgan fingerprint density at radius 1 is 1.33 bits per heavy atom. The van der Waals surface area contributed by atoms with Crippen molar-refractivity contribution in [3.8, 4) is 5.75 Å². The van der Waals surface area contributed by atoms with Crippen molar-refractivity contribution in [1.29, 1.82) is 0 Å². The molecule has 5 heteroatoms. The summed E-state index contributed by atoms with van der Waals surface area (Å²) in [5, 5.41) is 12.0. The molecule has 3 atom stereocenters. The van der Waals surface area contributed by atoms with Gasteiger partial charge in [0.05, 0.1) is 18.4 Å². The Balaban J connectivity index is 2.07. The van der Waals surface area contributed by atoms with Crippen molar-refractivity contribution in [3.63, 3.8) is 0 Å². The Hall–Kier alpha value is -2.04. The topological polar surface area (TPSA) is 75.6 Å². The molecule has 0 spiro atoms. The van der Waals surface area contributed by atoms with Crippen molar-refractivity contribution in [1.82, 2.24) is 0 Å². The molecule has 2 N–H and O–H groups in total. The molecule has 21 heavy (non-hydrogen) atoms. The predicted molar refractivity (Wildman–Crippen MR) is 79.3 cm³/mol. The SMILES string of the molecule is CCOc1cccc(NC(=O)C2CC(C)CC2C(=O)O)c1. The molecule has 0 aromatic heterocycles. The molecule has 2 rings (SSSR count). The Morgan fingerprint density at radius 3 is 2.71 bits per heavy atom. The minimum atomic E-state index is -0.887. The predicted octanol–water partition coefficient (Wildman–Crippen LogP) is 2.77. The van der Waals surface area contributed by atoms with Crippen LogP contribution in [0, 0.1) is 17.8 Å². The number of carbonyl (C=O) groups excluding carboxylic acids is 1. The van der Waals surface area contributed by atoms with Crippen molar-refractivity contribution in [2.24, 2.45) is 17.8 Å². The number of amides is 1. The van der Waals surface area contributed by atoms with Crippen LogP contribution < -0.4 is 10.1 Å². The fraction of sp³-hybridized carbons (Fsp3) is 0.500. The summed E-state index contributed by atoms with van der Waals surface area (Å²) < 4.78 is 5.38. The van der Waals surface area contributed by atoms with Gasteiger partial charge >= 0.3 is 5.97 Å². The highest BCUT2D eigenvalue weighted by Crippen LogP contribution is 2.37. The van der Waals surface area contributed by atoms with Crippen LogP contribution in [0.3, 0.4) is 0 Å². The van der Waals surface area contributed by atoms with E-state index in [1.54, 1.807) is 18.2 Å². The van der Waals surface area contributed by atoms with E-state index < -0.39 is 17.8 Å². The standard InChI is InChI=1S/C16H21NO4/c1-3-21-12-6-4-5-11(9-12)17-15(18)13-7-10(2)8-14(13)16(19)20/h4-6,9-10,13-14H,3,7-8H2,1-2H3,(H,17,18)(H,19,20). The number of anilines is 1. The maximum atomic E-state index is 12.3. The van der Waals surface area contributed by atoms with Gasteiger partial charge in [-0.1, -0.05) is 13.0 Å². The highest BCUT2D eigenvalue weighted by molar-refractivity contribution is 5.95. The average molecular weight is 291 g/mol. The number of carboxylic acid groups (broad SMARTS) is 1. The Labute approximate surface area is 124 Å². The first kappa shape index (κ1) is 15.4. The average Bonchev–Trinajstić information content (AvgIpc) is 2.82. The second-order valence-corrected chi connectivity index (χ2v) is 5.58. The zero-order chi connectivity index (χ0) is 15.4. The molecule has 0 saturated heterocycles. The van der Waals surface area contributed by atoms with Crippen LogP contribution in [0.25, 0.3) is 0 Å². The van der Waals surface area contributed by atoms with Gasteiger partial charge in [0.15, 0.2) is 0 Å². The smallest absolute Gasteiger partial charge is 0.307 e. The fourth-order valence-electron chi connectivity index (χ4n) is 2.92. The zero-order valence-electron chi connectivity index (χ0n) is 12.3. The molecule has 0 heterocycles. The molecule has 0 bridgehead atoms. The Morgan fingerprint density at radius 2 is 2.05 bits per heavy atom. The second kappa shape index (κ2) is 6.61. The van der Waals surface area contributed by atoms with Crippen LogP contribution in [0.5, 0.6) is 5.75 Å². The number of hydrogen-bond acceptors (Lipinski definition) is 3. The molecule has 1 aliphatic rings. The third-order valence-corrected chi connectivity index (χ3v) is 3.86. The van der Waals surface area contributed by atoms with Gasteiger partial charge in [0.25, 0.3) is 0 Å². The minimum Gasteiger partial charge on any atom is -0.494 e. The van der Waals surface area contributed by atoms with E-state index in [1.165, 1.54) is 0 Å². The fourth-order valence-corrected chi connectivity index (χ4v) is 2.92. The van der Waals surface area contributed by atoms with E-state index in [1.807, 2.05) is 19.9 Å². The van der Waals surface area contributed by atoms with Gasteiger partial charge < -0.3 is 15.2 Å². The lowest BCUT2D eigenvalue weighted by Gasteiger charge is -2.16. The summed E-state index contributed by atoms with van der Waals surface area (Å²) in [6.07, 6.45) is 1.18. The van der Waals surface area contributed by atoms with Crippen LogP contribution >= 0.6 is 0 Å². The molecule has 0 radical (unpaired) electrons. The van der Waals surface area contributed by atoms with Crippen LogP contribution in [0.2, 0.25) is 0 Å². The number of carboxylic acids is 1. The molecule has 3 unspecified atom stereocenters. The zero-order valence-corrected chi connectivity index (χ0v) is 12.3. The Bertz CT molecular complexity index is 529. The molecular formula is C16H21NO4. The molecule has 1 fully saturated rings. The van der Waals surface area contributed by atoms with Gasteiger partial charge in [0.2, 0.25) is 5.91 Å². The van der Waals surface area contributed by atoms with E-state index in [0.717, 1.165) is 0 Å². The van der Waals surface area contributed by atoms with E-state index >= 15 is 0 Å². The number of nitrogens with one attached hydrogen (secondary N) is 1. The highest BCUT2D eigenvalue weighted by atomic mass is 16.5. The number of rotatable bonds is 5. The van der Waals surface area contributed by atoms with Crippen molar-refractivity contribution < 1.29 is 19.4 Å². The summed E-state index contributed by atoms with van der Waals surface area (Å²) in [5.41, 5.74) is 0.634. The van der Waals surface area contributed by atoms with E-state index in [-0.39, 0.29) is 11.8 Å². The first-order valence-electron chi connectivity index (χ1n) is 7.27. The van der Waals surface area contributed by atoms with Gasteiger partial charge in [-0.05, 0) is 37.8 Å². The number of benzene rings is 1. The van der Waals surface area contributed by atoms with Crippen LogP contribution in [-0.2, 0) is 9.59 Å². The van der Waals surface area contributed by atoms with Gasteiger partial charge in [-0.15, -0.1) is 0 Å². The molecule has 1 amide bonds. The molecule has 1 saturated carbocycles. The highest BCUT2D eigenvalue weighted by Gasteiger charge is 2.41. The normalized spacial score (nSPS) is 24.6. The summed E-state index contributed by atoms with van der Waals surface area (Å²) in [6.45, 7) is 4.43. The number of aliphatic carboxylic acids is 1. The molecular weight excluding hydrogens is 270 g/mol. The maximum absolute atomic E-state index is 12.3. The van der Waals surface area contributed by atoms with Crippen LogP contribution in [0.1, 0.15) is 26.7 Å². The third-order valence-electron chi connectivity index (χ3n) is 3.86. The molecule has 1 aromatic rings. The van der Waals surface area contributed by atoms with Crippen molar-refractivity contribution in [2.75, 3.05) is 11.9 Å².